The van der Waals surface area contributed by atoms with E-state index in [4.69, 9.17) is 0 Å². The highest BCUT2D eigenvalue weighted by molar-refractivity contribution is 6.00. The van der Waals surface area contributed by atoms with Gasteiger partial charge in [0.15, 0.2) is 0 Å². The van der Waals surface area contributed by atoms with Crippen LogP contribution in [0.15, 0.2) is 30.3 Å². The molecule has 0 saturated heterocycles. The van der Waals surface area contributed by atoms with Crippen molar-refractivity contribution >= 4 is 22.5 Å². The summed E-state index contributed by atoms with van der Waals surface area (Å²) in [7, 11) is 1.81. The van der Waals surface area contributed by atoms with E-state index >= 15 is 0 Å². The van der Waals surface area contributed by atoms with Crippen molar-refractivity contribution in [2.24, 2.45) is 5.92 Å². The molecule has 2 rings (SSSR count). The Morgan fingerprint density at radius 3 is 2.74 bits per heavy atom. The summed E-state index contributed by atoms with van der Waals surface area (Å²) in [4.78, 5) is 16.4. The second kappa shape index (κ2) is 5.69. The fourth-order valence-corrected chi connectivity index (χ4v) is 1.89. The van der Waals surface area contributed by atoms with E-state index in [1.807, 2.05) is 37.4 Å². The van der Waals surface area contributed by atoms with Gasteiger partial charge in [-0.1, -0.05) is 38.1 Å². The highest BCUT2D eigenvalue weighted by Gasteiger charge is 2.11. The van der Waals surface area contributed by atoms with Crippen LogP contribution in [-0.2, 0) is 0 Å². The van der Waals surface area contributed by atoms with Gasteiger partial charge in [0, 0.05) is 19.0 Å². The molecule has 0 radical (unpaired) electrons. The average Bonchev–Trinajstić information content (AvgIpc) is 2.43. The molecule has 2 aromatic rings. The average molecular weight is 257 g/mol. The van der Waals surface area contributed by atoms with Crippen molar-refractivity contribution in [2.75, 3.05) is 18.9 Å². The zero-order chi connectivity index (χ0) is 13.8. The van der Waals surface area contributed by atoms with E-state index in [2.05, 4.69) is 29.5 Å². The SMILES string of the molecule is CNc1nc(C(=O)NCC(C)C)cc2ccccc12. The van der Waals surface area contributed by atoms with E-state index in [1.165, 1.54) is 0 Å². The van der Waals surface area contributed by atoms with Gasteiger partial charge in [0.2, 0.25) is 0 Å². The number of hydrogen-bond acceptors (Lipinski definition) is 3. The van der Waals surface area contributed by atoms with Gasteiger partial charge in [-0.15, -0.1) is 0 Å². The third kappa shape index (κ3) is 3.02. The molecule has 0 saturated carbocycles. The lowest BCUT2D eigenvalue weighted by Crippen LogP contribution is -2.28. The van der Waals surface area contributed by atoms with Gasteiger partial charge in [0.25, 0.3) is 5.91 Å². The van der Waals surface area contributed by atoms with Crippen LogP contribution in [0, 0.1) is 5.92 Å². The van der Waals surface area contributed by atoms with E-state index in [0.29, 0.717) is 18.2 Å². The third-order valence-corrected chi connectivity index (χ3v) is 2.88. The lowest BCUT2D eigenvalue weighted by atomic mass is 10.1. The maximum atomic E-state index is 12.1. The number of anilines is 1. The van der Waals surface area contributed by atoms with Gasteiger partial charge in [-0.25, -0.2) is 4.98 Å². The second-order valence-corrected chi connectivity index (χ2v) is 4.93. The minimum atomic E-state index is -0.129. The minimum absolute atomic E-state index is 0.129. The maximum absolute atomic E-state index is 12.1. The van der Waals surface area contributed by atoms with Crippen molar-refractivity contribution in [3.63, 3.8) is 0 Å². The van der Waals surface area contributed by atoms with E-state index in [-0.39, 0.29) is 5.91 Å². The fourth-order valence-electron chi connectivity index (χ4n) is 1.89. The van der Waals surface area contributed by atoms with Crippen molar-refractivity contribution in [3.8, 4) is 0 Å². The molecule has 0 unspecified atom stereocenters. The predicted molar refractivity (Wildman–Crippen MR) is 78.5 cm³/mol. The molecule has 0 spiro atoms. The molecule has 0 aliphatic rings. The number of rotatable bonds is 4. The lowest BCUT2D eigenvalue weighted by Gasteiger charge is -2.10. The van der Waals surface area contributed by atoms with E-state index in [9.17, 15) is 4.79 Å². The van der Waals surface area contributed by atoms with Crippen molar-refractivity contribution in [3.05, 3.63) is 36.0 Å². The smallest absolute Gasteiger partial charge is 0.270 e. The molecule has 4 nitrogen and oxygen atoms in total. The molecular weight excluding hydrogens is 238 g/mol. The number of nitrogens with one attached hydrogen (secondary N) is 2. The lowest BCUT2D eigenvalue weighted by molar-refractivity contribution is 0.0944. The van der Waals surface area contributed by atoms with Crippen LogP contribution in [-0.4, -0.2) is 24.5 Å². The number of aromatic nitrogens is 1. The highest BCUT2D eigenvalue weighted by atomic mass is 16.1. The standard InChI is InChI=1S/C15H19N3O/c1-10(2)9-17-15(19)13-8-11-6-4-5-7-12(11)14(16-3)18-13/h4-8,10H,9H2,1-3H3,(H,16,18)(H,17,19). The normalized spacial score (nSPS) is 10.7. The van der Waals surface area contributed by atoms with Gasteiger partial charge in [0.05, 0.1) is 0 Å². The Bertz CT molecular complexity index is 593. The van der Waals surface area contributed by atoms with Crippen molar-refractivity contribution in [2.45, 2.75) is 13.8 Å². The van der Waals surface area contributed by atoms with Crippen molar-refractivity contribution in [1.82, 2.24) is 10.3 Å². The number of carbonyl (C=O) groups is 1. The zero-order valence-electron chi connectivity index (χ0n) is 11.5. The molecule has 0 atom stereocenters. The van der Waals surface area contributed by atoms with E-state index < -0.39 is 0 Å². The Kier molecular flexibility index (Phi) is 4.00. The molecule has 2 N–H and O–H groups in total. The summed E-state index contributed by atoms with van der Waals surface area (Å²) in [5, 5.41) is 7.95. The monoisotopic (exact) mass is 257 g/mol. The van der Waals surface area contributed by atoms with Gasteiger partial charge in [-0.05, 0) is 17.4 Å². The van der Waals surface area contributed by atoms with Gasteiger partial charge >= 0.3 is 0 Å². The Balaban J connectivity index is 2.36. The maximum Gasteiger partial charge on any atom is 0.270 e. The zero-order valence-corrected chi connectivity index (χ0v) is 11.5. The molecule has 4 heteroatoms. The molecular formula is C15H19N3O. The Morgan fingerprint density at radius 1 is 1.32 bits per heavy atom. The van der Waals surface area contributed by atoms with Gasteiger partial charge < -0.3 is 10.6 Å². The summed E-state index contributed by atoms with van der Waals surface area (Å²) in [6.45, 7) is 4.78. The predicted octanol–water partition coefficient (Wildman–Crippen LogP) is 2.66. The Morgan fingerprint density at radius 2 is 2.05 bits per heavy atom. The first-order valence-electron chi connectivity index (χ1n) is 6.47. The molecule has 1 amide bonds. The number of amides is 1. The van der Waals surface area contributed by atoms with Crippen LogP contribution in [0.1, 0.15) is 24.3 Å². The van der Waals surface area contributed by atoms with Crippen LogP contribution in [0.2, 0.25) is 0 Å². The summed E-state index contributed by atoms with van der Waals surface area (Å²) in [6, 6.07) is 9.72. The number of fused-ring (bicyclic) bond motifs is 1. The Labute approximate surface area is 113 Å². The van der Waals surface area contributed by atoms with Gasteiger partial charge in [-0.2, -0.15) is 0 Å². The topological polar surface area (TPSA) is 54.0 Å². The number of pyridine rings is 1. The first kappa shape index (κ1) is 13.3. The molecule has 0 aliphatic carbocycles. The van der Waals surface area contributed by atoms with Crippen molar-refractivity contribution < 1.29 is 4.79 Å². The minimum Gasteiger partial charge on any atom is -0.373 e. The first-order chi connectivity index (χ1) is 9.11. The largest absolute Gasteiger partial charge is 0.373 e. The highest BCUT2D eigenvalue weighted by Crippen LogP contribution is 2.22. The second-order valence-electron chi connectivity index (χ2n) is 4.93. The molecule has 1 heterocycles. The Hall–Kier alpha value is -2.10. The first-order valence-corrected chi connectivity index (χ1v) is 6.47. The molecule has 0 fully saturated rings. The van der Waals surface area contributed by atoms with Crippen LogP contribution in [0.25, 0.3) is 10.8 Å². The van der Waals surface area contributed by atoms with Crippen LogP contribution >= 0.6 is 0 Å². The van der Waals surface area contributed by atoms with Crippen LogP contribution in [0.5, 0.6) is 0 Å². The summed E-state index contributed by atoms with van der Waals surface area (Å²) in [5.41, 5.74) is 0.448. The van der Waals surface area contributed by atoms with Gasteiger partial charge in [0.1, 0.15) is 11.5 Å². The molecule has 1 aromatic heterocycles. The summed E-state index contributed by atoms with van der Waals surface area (Å²) in [5.74, 6) is 1.02. The summed E-state index contributed by atoms with van der Waals surface area (Å²) >= 11 is 0. The quantitative estimate of drug-likeness (QED) is 0.885. The van der Waals surface area contributed by atoms with Crippen LogP contribution in [0.3, 0.4) is 0 Å². The molecule has 19 heavy (non-hydrogen) atoms. The summed E-state index contributed by atoms with van der Waals surface area (Å²) < 4.78 is 0. The molecule has 1 aromatic carbocycles. The third-order valence-electron chi connectivity index (χ3n) is 2.88. The van der Waals surface area contributed by atoms with E-state index in [1.54, 1.807) is 0 Å². The van der Waals surface area contributed by atoms with Crippen LogP contribution < -0.4 is 10.6 Å². The van der Waals surface area contributed by atoms with Crippen molar-refractivity contribution in [1.29, 1.82) is 0 Å². The molecule has 100 valence electrons. The number of nitrogens with zero attached hydrogens (tertiary/aromatic N) is 1. The number of benzene rings is 1. The van der Waals surface area contributed by atoms with Gasteiger partial charge in [-0.3, -0.25) is 4.79 Å². The molecule has 0 bridgehead atoms. The summed E-state index contributed by atoms with van der Waals surface area (Å²) in [6.07, 6.45) is 0. The van der Waals surface area contributed by atoms with E-state index in [0.717, 1.165) is 16.6 Å². The number of carbonyl (C=O) groups excluding carboxylic acids is 1. The van der Waals surface area contributed by atoms with Crippen LogP contribution in [0.4, 0.5) is 5.82 Å². The number of hydrogen-bond donors (Lipinski definition) is 2. The molecule has 0 aliphatic heterocycles. The fraction of sp³-hybridized carbons (Fsp3) is 0.333.